The molecule has 21 heavy (non-hydrogen) atoms. The highest BCUT2D eigenvalue weighted by Crippen LogP contribution is 2.28. The van der Waals surface area contributed by atoms with Gasteiger partial charge < -0.3 is 9.47 Å². The molecular formula is C17H22O4. The van der Waals surface area contributed by atoms with Gasteiger partial charge in [-0.1, -0.05) is 25.1 Å². The molecule has 114 valence electrons. The van der Waals surface area contributed by atoms with Crippen molar-refractivity contribution in [2.45, 2.75) is 40.5 Å². The lowest BCUT2D eigenvalue weighted by molar-refractivity contribution is -0.141. The van der Waals surface area contributed by atoms with Crippen LogP contribution >= 0.6 is 0 Å². The first-order valence-electron chi connectivity index (χ1n) is 6.94. The first-order valence-corrected chi connectivity index (χ1v) is 6.94. The van der Waals surface area contributed by atoms with E-state index in [1.165, 1.54) is 6.92 Å². The summed E-state index contributed by atoms with van der Waals surface area (Å²) in [6.07, 6.45) is 1.71. The molecule has 0 aliphatic heterocycles. The van der Waals surface area contributed by atoms with Crippen LogP contribution in [0.2, 0.25) is 0 Å². The lowest BCUT2D eigenvalue weighted by Crippen LogP contribution is -2.13. The summed E-state index contributed by atoms with van der Waals surface area (Å²) in [6.45, 7) is 8.98. The largest absolute Gasteiger partial charge is 0.465 e. The van der Waals surface area contributed by atoms with E-state index >= 15 is 0 Å². The van der Waals surface area contributed by atoms with Gasteiger partial charge in [0.15, 0.2) is 0 Å². The van der Waals surface area contributed by atoms with Crippen LogP contribution in [0.1, 0.15) is 44.7 Å². The fourth-order valence-corrected chi connectivity index (χ4v) is 1.77. The molecule has 1 atom stereocenters. The summed E-state index contributed by atoms with van der Waals surface area (Å²) in [5.74, 6) is -0.231. The van der Waals surface area contributed by atoms with E-state index in [4.69, 9.17) is 9.47 Å². The van der Waals surface area contributed by atoms with Crippen molar-refractivity contribution in [2.75, 3.05) is 6.61 Å². The van der Waals surface area contributed by atoms with Gasteiger partial charge in [-0.3, -0.25) is 4.79 Å². The van der Waals surface area contributed by atoms with Crippen LogP contribution < -0.4 is 4.74 Å². The number of carbonyl (C=O) groups excluding carboxylic acids is 2. The first-order chi connectivity index (χ1) is 9.85. The Balaban J connectivity index is 2.99. The molecule has 0 N–H and O–H groups in total. The van der Waals surface area contributed by atoms with Crippen molar-refractivity contribution in [3.63, 3.8) is 0 Å². The van der Waals surface area contributed by atoms with Crippen LogP contribution in [0.4, 0.5) is 0 Å². The third-order valence-corrected chi connectivity index (χ3v) is 3.19. The zero-order chi connectivity index (χ0) is 16.0. The summed E-state index contributed by atoms with van der Waals surface area (Å²) in [6, 6.07) is 5.66. The van der Waals surface area contributed by atoms with Gasteiger partial charge >= 0.3 is 11.9 Å². The molecule has 1 aromatic rings. The Bertz CT molecular complexity index is 558. The minimum atomic E-state index is -0.371. The number of esters is 2. The second-order valence-electron chi connectivity index (χ2n) is 5.11. The van der Waals surface area contributed by atoms with Crippen LogP contribution in [0.5, 0.6) is 5.75 Å². The van der Waals surface area contributed by atoms with Gasteiger partial charge in [-0.15, -0.1) is 0 Å². The van der Waals surface area contributed by atoms with Gasteiger partial charge in [-0.25, -0.2) is 4.79 Å². The molecule has 0 radical (unpaired) electrons. The van der Waals surface area contributed by atoms with Crippen LogP contribution in [0.15, 0.2) is 29.8 Å². The van der Waals surface area contributed by atoms with Crippen molar-refractivity contribution in [2.24, 2.45) is 0 Å². The molecular weight excluding hydrogens is 268 g/mol. The van der Waals surface area contributed by atoms with Gasteiger partial charge in [0.25, 0.3) is 0 Å². The highest BCUT2D eigenvalue weighted by molar-refractivity contribution is 5.89. The second kappa shape index (κ2) is 7.62. The Labute approximate surface area is 125 Å². The van der Waals surface area contributed by atoms with Crippen molar-refractivity contribution >= 4 is 11.9 Å². The van der Waals surface area contributed by atoms with Crippen LogP contribution in [0.25, 0.3) is 0 Å². The smallest absolute Gasteiger partial charge is 0.338 e. The van der Waals surface area contributed by atoms with Gasteiger partial charge in [0.1, 0.15) is 5.75 Å². The maximum absolute atomic E-state index is 11.9. The highest BCUT2D eigenvalue weighted by atomic mass is 16.5. The summed E-state index contributed by atoms with van der Waals surface area (Å²) in [5, 5.41) is 0. The number of aryl methyl sites for hydroxylation is 1. The number of hydrogen-bond acceptors (Lipinski definition) is 4. The third kappa shape index (κ3) is 5.06. The van der Waals surface area contributed by atoms with Crippen LogP contribution in [0.3, 0.4) is 0 Å². The molecule has 0 fully saturated rings. The van der Waals surface area contributed by atoms with Crippen LogP contribution in [-0.4, -0.2) is 18.5 Å². The van der Waals surface area contributed by atoms with Gasteiger partial charge in [0.05, 0.1) is 6.61 Å². The summed E-state index contributed by atoms with van der Waals surface area (Å²) >= 11 is 0. The maximum Gasteiger partial charge on any atom is 0.338 e. The van der Waals surface area contributed by atoms with Crippen molar-refractivity contribution in [1.29, 1.82) is 0 Å². The van der Waals surface area contributed by atoms with Crippen molar-refractivity contribution in [1.82, 2.24) is 0 Å². The average molecular weight is 290 g/mol. The second-order valence-corrected chi connectivity index (χ2v) is 5.11. The number of benzene rings is 1. The zero-order valence-corrected chi connectivity index (χ0v) is 13.2. The molecule has 1 unspecified atom stereocenters. The summed E-state index contributed by atoms with van der Waals surface area (Å²) in [7, 11) is 0. The molecule has 0 aliphatic rings. The number of hydrogen-bond donors (Lipinski definition) is 0. The normalized spacial score (nSPS) is 12.7. The topological polar surface area (TPSA) is 52.6 Å². The Morgan fingerprint density at radius 3 is 2.52 bits per heavy atom. The van der Waals surface area contributed by atoms with Gasteiger partial charge in [-0.2, -0.15) is 0 Å². The average Bonchev–Trinajstić information content (AvgIpc) is 2.43. The minimum Gasteiger partial charge on any atom is -0.465 e. The van der Waals surface area contributed by atoms with Gasteiger partial charge in [0, 0.05) is 24.0 Å². The lowest BCUT2D eigenvalue weighted by Gasteiger charge is -2.16. The molecule has 0 saturated heterocycles. The van der Waals surface area contributed by atoms with Crippen LogP contribution in [-0.2, 0) is 14.3 Å². The standard InChI is InChI=1S/C17H22O4/c1-6-12(3)17(19)21-16-9-11(2)7-8-15(16)13(4)10-20-14(5)18/h6-9,13H,10H2,1-5H3/b12-6-. The Morgan fingerprint density at radius 1 is 1.29 bits per heavy atom. The Hall–Kier alpha value is -2.10. The highest BCUT2D eigenvalue weighted by Gasteiger charge is 2.16. The molecule has 0 aromatic heterocycles. The van der Waals surface area contributed by atoms with Crippen molar-refractivity contribution in [3.05, 3.63) is 41.0 Å². The zero-order valence-electron chi connectivity index (χ0n) is 13.2. The monoisotopic (exact) mass is 290 g/mol. The predicted octanol–water partition coefficient (Wildman–Crippen LogP) is 3.53. The molecule has 0 amide bonds. The summed E-state index contributed by atoms with van der Waals surface area (Å²) in [5.41, 5.74) is 2.40. The van der Waals surface area contributed by atoms with E-state index in [-0.39, 0.29) is 24.5 Å². The fourth-order valence-electron chi connectivity index (χ4n) is 1.77. The van der Waals surface area contributed by atoms with E-state index in [2.05, 4.69) is 0 Å². The SMILES string of the molecule is C/C=C(/C)C(=O)Oc1cc(C)ccc1C(C)COC(C)=O. The number of allylic oxidation sites excluding steroid dienone is 1. The minimum absolute atomic E-state index is 0.0526. The van der Waals surface area contributed by atoms with Crippen LogP contribution in [0, 0.1) is 6.92 Å². The van der Waals surface area contributed by atoms with E-state index in [1.54, 1.807) is 19.9 Å². The Kier molecular flexibility index (Phi) is 6.15. The maximum atomic E-state index is 11.9. The first kappa shape index (κ1) is 17.0. The lowest BCUT2D eigenvalue weighted by atomic mass is 9.99. The summed E-state index contributed by atoms with van der Waals surface area (Å²) in [4.78, 5) is 22.8. The van der Waals surface area contributed by atoms with Gasteiger partial charge in [-0.05, 0) is 32.4 Å². The van der Waals surface area contributed by atoms with E-state index in [0.717, 1.165) is 11.1 Å². The predicted molar refractivity (Wildman–Crippen MR) is 81.3 cm³/mol. The molecule has 1 rings (SSSR count). The molecule has 0 bridgehead atoms. The number of ether oxygens (including phenoxy) is 2. The fraction of sp³-hybridized carbons (Fsp3) is 0.412. The van der Waals surface area contributed by atoms with Gasteiger partial charge in [0.2, 0.25) is 0 Å². The molecule has 0 heterocycles. The summed E-state index contributed by atoms with van der Waals surface area (Å²) < 4.78 is 10.5. The molecule has 4 heteroatoms. The third-order valence-electron chi connectivity index (χ3n) is 3.19. The van der Waals surface area contributed by atoms with E-state index < -0.39 is 0 Å². The van der Waals surface area contributed by atoms with E-state index in [1.807, 2.05) is 32.0 Å². The molecule has 0 saturated carbocycles. The van der Waals surface area contributed by atoms with E-state index in [9.17, 15) is 9.59 Å². The molecule has 0 spiro atoms. The number of carbonyl (C=O) groups is 2. The van der Waals surface area contributed by atoms with Crippen molar-refractivity contribution in [3.8, 4) is 5.75 Å². The quantitative estimate of drug-likeness (QED) is 0.473. The number of rotatable bonds is 5. The Morgan fingerprint density at radius 2 is 1.95 bits per heavy atom. The molecule has 4 nitrogen and oxygen atoms in total. The molecule has 0 aliphatic carbocycles. The van der Waals surface area contributed by atoms with E-state index in [0.29, 0.717) is 11.3 Å². The van der Waals surface area contributed by atoms with Crippen molar-refractivity contribution < 1.29 is 19.1 Å². The molecule has 1 aromatic carbocycles.